The molecule has 7 heavy (non-hydrogen) atoms. The fourth-order valence-corrected chi connectivity index (χ4v) is 0.846. The third kappa shape index (κ3) is 6.09. The number of thioether (sulfide) groups is 1. The standard InChI is InChI=1S/C6H12S/c1-3-5-6-7-4-2/h3,5H,4,6H2,1-2H3/b5-3+. The van der Waals surface area contributed by atoms with E-state index in [-0.39, 0.29) is 0 Å². The zero-order valence-corrected chi connectivity index (χ0v) is 5.79. The lowest BCUT2D eigenvalue weighted by molar-refractivity contribution is 1.51. The van der Waals surface area contributed by atoms with Gasteiger partial charge in [0.2, 0.25) is 0 Å². The molecule has 0 aromatic carbocycles. The molecule has 42 valence electrons. The largest absolute Gasteiger partial charge is 0.158 e. The maximum absolute atomic E-state index is 2.17. The van der Waals surface area contributed by atoms with E-state index in [1.807, 2.05) is 11.8 Å². The number of hydrogen-bond donors (Lipinski definition) is 0. The second kappa shape index (κ2) is 6.09. The van der Waals surface area contributed by atoms with Crippen molar-refractivity contribution in [3.8, 4) is 0 Å². The summed E-state index contributed by atoms with van der Waals surface area (Å²) in [7, 11) is 0. The molecule has 0 radical (unpaired) electrons. The van der Waals surface area contributed by atoms with Gasteiger partial charge in [0.05, 0.1) is 0 Å². The molecule has 0 aliphatic heterocycles. The van der Waals surface area contributed by atoms with Crippen LogP contribution in [-0.4, -0.2) is 11.5 Å². The normalized spacial score (nSPS) is 10.6. The Kier molecular flexibility index (Phi) is 6.17. The SMILES string of the molecule is C/C=C/CSCC. The molecule has 0 spiro atoms. The maximum Gasteiger partial charge on any atom is 0.0113 e. The van der Waals surface area contributed by atoms with Gasteiger partial charge in [-0.2, -0.15) is 11.8 Å². The van der Waals surface area contributed by atoms with Crippen LogP contribution in [0.3, 0.4) is 0 Å². The molecule has 0 saturated carbocycles. The predicted octanol–water partition coefficient (Wildman–Crippen LogP) is 2.32. The van der Waals surface area contributed by atoms with E-state index in [0.717, 1.165) is 0 Å². The Morgan fingerprint density at radius 2 is 2.29 bits per heavy atom. The van der Waals surface area contributed by atoms with Gasteiger partial charge in [0, 0.05) is 5.75 Å². The van der Waals surface area contributed by atoms with E-state index in [2.05, 4.69) is 26.0 Å². The Bertz CT molecular complexity index is 48.1. The quantitative estimate of drug-likeness (QED) is 0.403. The molecule has 0 nitrogen and oxygen atoms in total. The summed E-state index contributed by atoms with van der Waals surface area (Å²) in [4.78, 5) is 0. The van der Waals surface area contributed by atoms with Gasteiger partial charge in [-0.25, -0.2) is 0 Å². The molecule has 0 rings (SSSR count). The number of allylic oxidation sites excluding steroid dienone is 1. The number of rotatable bonds is 3. The Labute approximate surface area is 50.0 Å². The van der Waals surface area contributed by atoms with Gasteiger partial charge in [-0.1, -0.05) is 19.1 Å². The monoisotopic (exact) mass is 116 g/mol. The highest BCUT2D eigenvalue weighted by Gasteiger charge is 1.72. The van der Waals surface area contributed by atoms with E-state index in [4.69, 9.17) is 0 Å². The Morgan fingerprint density at radius 3 is 2.71 bits per heavy atom. The fourth-order valence-electron chi connectivity index (χ4n) is 0.282. The predicted molar refractivity (Wildman–Crippen MR) is 37.8 cm³/mol. The summed E-state index contributed by atoms with van der Waals surface area (Å²) in [5.74, 6) is 2.40. The minimum atomic E-state index is 1.17. The minimum Gasteiger partial charge on any atom is -0.158 e. The van der Waals surface area contributed by atoms with Crippen LogP contribution in [-0.2, 0) is 0 Å². The zero-order chi connectivity index (χ0) is 5.54. The highest BCUT2D eigenvalue weighted by molar-refractivity contribution is 7.99. The van der Waals surface area contributed by atoms with Crippen molar-refractivity contribution in [2.75, 3.05) is 11.5 Å². The molecular formula is C6H12S. The van der Waals surface area contributed by atoms with Gasteiger partial charge in [-0.3, -0.25) is 0 Å². The molecular weight excluding hydrogens is 104 g/mol. The number of hydrogen-bond acceptors (Lipinski definition) is 1. The lowest BCUT2D eigenvalue weighted by atomic mass is 10.6. The molecule has 1 heteroatoms. The molecule has 0 aliphatic carbocycles. The first-order valence-electron chi connectivity index (χ1n) is 2.60. The smallest absolute Gasteiger partial charge is 0.0113 e. The average molecular weight is 116 g/mol. The molecule has 0 heterocycles. The third-order valence-electron chi connectivity index (χ3n) is 0.654. The van der Waals surface area contributed by atoms with Crippen LogP contribution in [0.2, 0.25) is 0 Å². The van der Waals surface area contributed by atoms with Gasteiger partial charge in [-0.15, -0.1) is 0 Å². The first kappa shape index (κ1) is 7.09. The van der Waals surface area contributed by atoms with Crippen LogP contribution < -0.4 is 0 Å². The zero-order valence-electron chi connectivity index (χ0n) is 4.98. The van der Waals surface area contributed by atoms with Crippen LogP contribution in [0.25, 0.3) is 0 Å². The van der Waals surface area contributed by atoms with Crippen LogP contribution in [0, 0.1) is 0 Å². The highest BCUT2D eigenvalue weighted by Crippen LogP contribution is 1.96. The topological polar surface area (TPSA) is 0 Å². The average Bonchev–Trinajstić information content (AvgIpc) is 1.69. The van der Waals surface area contributed by atoms with Crippen LogP contribution in [0.4, 0.5) is 0 Å². The second-order valence-electron chi connectivity index (χ2n) is 1.23. The van der Waals surface area contributed by atoms with Crippen molar-refractivity contribution >= 4 is 11.8 Å². The molecule has 0 saturated heterocycles. The van der Waals surface area contributed by atoms with Gasteiger partial charge in [0.1, 0.15) is 0 Å². The molecule has 0 fully saturated rings. The van der Waals surface area contributed by atoms with Crippen LogP contribution >= 0.6 is 11.8 Å². The van der Waals surface area contributed by atoms with Gasteiger partial charge < -0.3 is 0 Å². The van der Waals surface area contributed by atoms with Crippen molar-refractivity contribution in [1.29, 1.82) is 0 Å². The van der Waals surface area contributed by atoms with Crippen molar-refractivity contribution in [3.63, 3.8) is 0 Å². The van der Waals surface area contributed by atoms with Crippen molar-refractivity contribution in [1.82, 2.24) is 0 Å². The van der Waals surface area contributed by atoms with E-state index in [9.17, 15) is 0 Å². The van der Waals surface area contributed by atoms with Gasteiger partial charge in [0.15, 0.2) is 0 Å². The maximum atomic E-state index is 2.17. The molecule has 0 aromatic rings. The summed E-state index contributed by atoms with van der Waals surface area (Å²) in [6, 6.07) is 0. The van der Waals surface area contributed by atoms with Crippen LogP contribution in [0.1, 0.15) is 13.8 Å². The Balaban J connectivity index is 2.69. The first-order chi connectivity index (χ1) is 3.41. The van der Waals surface area contributed by atoms with E-state index >= 15 is 0 Å². The van der Waals surface area contributed by atoms with Crippen LogP contribution in [0.5, 0.6) is 0 Å². The first-order valence-corrected chi connectivity index (χ1v) is 3.76. The van der Waals surface area contributed by atoms with E-state index in [0.29, 0.717) is 0 Å². The molecule has 0 N–H and O–H groups in total. The summed E-state index contributed by atoms with van der Waals surface area (Å²) < 4.78 is 0. The molecule has 0 unspecified atom stereocenters. The second-order valence-corrected chi connectivity index (χ2v) is 2.55. The molecule has 0 aliphatic rings. The summed E-state index contributed by atoms with van der Waals surface area (Å²) in [5, 5.41) is 0. The molecule has 0 bridgehead atoms. The van der Waals surface area contributed by atoms with Crippen LogP contribution in [0.15, 0.2) is 12.2 Å². The summed E-state index contributed by atoms with van der Waals surface area (Å²) in [6.45, 7) is 4.23. The lowest BCUT2D eigenvalue weighted by Gasteiger charge is -1.84. The van der Waals surface area contributed by atoms with Gasteiger partial charge >= 0.3 is 0 Å². The molecule has 0 atom stereocenters. The van der Waals surface area contributed by atoms with Crippen molar-refractivity contribution in [2.24, 2.45) is 0 Å². The third-order valence-corrected chi connectivity index (χ3v) is 1.49. The summed E-state index contributed by atoms with van der Waals surface area (Å²) in [6.07, 6.45) is 4.26. The van der Waals surface area contributed by atoms with E-state index in [1.54, 1.807) is 0 Å². The fraction of sp³-hybridized carbons (Fsp3) is 0.667. The Morgan fingerprint density at radius 1 is 1.57 bits per heavy atom. The molecule has 0 amide bonds. The minimum absolute atomic E-state index is 1.17. The lowest BCUT2D eigenvalue weighted by Crippen LogP contribution is -1.68. The van der Waals surface area contributed by atoms with Crippen molar-refractivity contribution in [2.45, 2.75) is 13.8 Å². The Hall–Kier alpha value is 0.0900. The van der Waals surface area contributed by atoms with E-state index < -0.39 is 0 Å². The van der Waals surface area contributed by atoms with Gasteiger partial charge in [-0.05, 0) is 12.7 Å². The van der Waals surface area contributed by atoms with Crippen molar-refractivity contribution < 1.29 is 0 Å². The van der Waals surface area contributed by atoms with Crippen molar-refractivity contribution in [3.05, 3.63) is 12.2 Å². The summed E-state index contributed by atoms with van der Waals surface area (Å²) in [5.41, 5.74) is 0. The van der Waals surface area contributed by atoms with E-state index in [1.165, 1.54) is 11.5 Å². The van der Waals surface area contributed by atoms with Gasteiger partial charge in [0.25, 0.3) is 0 Å². The highest BCUT2D eigenvalue weighted by atomic mass is 32.2. The molecule has 0 aromatic heterocycles. The summed E-state index contributed by atoms with van der Waals surface area (Å²) >= 11 is 1.95.